The molecule has 0 aliphatic rings. The van der Waals surface area contributed by atoms with Gasteiger partial charge in [0.05, 0.1) is 19.3 Å². The molecule has 0 saturated heterocycles. The summed E-state index contributed by atoms with van der Waals surface area (Å²) in [5, 5.41) is 6.46. The fourth-order valence-corrected chi connectivity index (χ4v) is 2.57. The zero-order valence-electron chi connectivity index (χ0n) is 11.3. The highest BCUT2D eigenvalue weighted by molar-refractivity contribution is 9.10. The first kappa shape index (κ1) is 15.7. The summed E-state index contributed by atoms with van der Waals surface area (Å²) >= 11 is 9.26. The molecule has 0 spiro atoms. The Morgan fingerprint density at radius 3 is 2.71 bits per heavy atom. The summed E-state index contributed by atoms with van der Waals surface area (Å²) in [6.07, 6.45) is 0. The molecule has 0 bridgehead atoms. The summed E-state index contributed by atoms with van der Waals surface area (Å²) in [5.41, 5.74) is 1.44. The van der Waals surface area contributed by atoms with Crippen molar-refractivity contribution < 1.29 is 9.53 Å². The average molecular weight is 370 g/mol. The molecule has 0 aliphatic carbocycles. The summed E-state index contributed by atoms with van der Waals surface area (Å²) in [6.45, 7) is 0.137. The molecule has 2 rings (SSSR count). The molecule has 21 heavy (non-hydrogen) atoms. The predicted octanol–water partition coefficient (Wildman–Crippen LogP) is 4.16. The molecule has 0 aliphatic heterocycles. The number of methoxy groups -OCH3 is 1. The molecule has 0 unspecified atom stereocenters. The molecule has 0 aromatic heterocycles. The van der Waals surface area contributed by atoms with Gasteiger partial charge in [-0.25, -0.2) is 0 Å². The lowest BCUT2D eigenvalue weighted by Crippen LogP contribution is -2.22. The van der Waals surface area contributed by atoms with Crippen molar-refractivity contribution in [1.82, 2.24) is 0 Å². The van der Waals surface area contributed by atoms with Gasteiger partial charge >= 0.3 is 0 Å². The van der Waals surface area contributed by atoms with Gasteiger partial charge < -0.3 is 15.4 Å². The predicted molar refractivity (Wildman–Crippen MR) is 89.3 cm³/mol. The van der Waals surface area contributed by atoms with Crippen molar-refractivity contribution in [3.8, 4) is 5.75 Å². The molecule has 0 heterocycles. The van der Waals surface area contributed by atoms with Crippen LogP contribution in [0.4, 0.5) is 11.4 Å². The lowest BCUT2D eigenvalue weighted by molar-refractivity contribution is -0.114. The second kappa shape index (κ2) is 7.33. The Morgan fingerprint density at radius 2 is 2.00 bits per heavy atom. The van der Waals surface area contributed by atoms with E-state index in [0.29, 0.717) is 16.5 Å². The highest BCUT2D eigenvalue weighted by Gasteiger charge is 2.07. The van der Waals surface area contributed by atoms with Crippen LogP contribution in [0.3, 0.4) is 0 Å². The van der Waals surface area contributed by atoms with Crippen LogP contribution in [-0.4, -0.2) is 19.6 Å². The van der Waals surface area contributed by atoms with Crippen molar-refractivity contribution in [3.63, 3.8) is 0 Å². The third-order valence-corrected chi connectivity index (χ3v) is 3.64. The molecule has 2 N–H and O–H groups in total. The lowest BCUT2D eigenvalue weighted by atomic mass is 10.3. The minimum absolute atomic E-state index is 0.137. The number of rotatable bonds is 5. The highest BCUT2D eigenvalue weighted by Crippen LogP contribution is 2.26. The van der Waals surface area contributed by atoms with Gasteiger partial charge in [0.1, 0.15) is 5.75 Å². The maximum absolute atomic E-state index is 12.0. The van der Waals surface area contributed by atoms with Crippen molar-refractivity contribution in [2.75, 3.05) is 24.3 Å². The standard InChI is InChI=1S/C15H14BrClN2O2/c1-21-14-5-3-2-4-13(14)19-15(20)9-18-12-7-6-10(17)8-11(12)16/h2-8,18H,9H2,1H3,(H,19,20). The van der Waals surface area contributed by atoms with Gasteiger partial charge in [0.15, 0.2) is 0 Å². The summed E-state index contributed by atoms with van der Waals surface area (Å²) in [6, 6.07) is 12.6. The van der Waals surface area contributed by atoms with E-state index in [2.05, 4.69) is 26.6 Å². The number of ether oxygens (including phenoxy) is 1. The summed E-state index contributed by atoms with van der Waals surface area (Å²) in [7, 11) is 1.56. The molecule has 0 radical (unpaired) electrons. The number of carbonyl (C=O) groups is 1. The largest absolute Gasteiger partial charge is 0.495 e. The van der Waals surface area contributed by atoms with Crippen molar-refractivity contribution in [1.29, 1.82) is 0 Å². The summed E-state index contributed by atoms with van der Waals surface area (Å²) in [5.74, 6) is 0.458. The van der Waals surface area contributed by atoms with Crippen molar-refractivity contribution in [2.45, 2.75) is 0 Å². The fourth-order valence-electron chi connectivity index (χ4n) is 1.75. The van der Waals surface area contributed by atoms with Crippen molar-refractivity contribution in [2.24, 2.45) is 0 Å². The third kappa shape index (κ3) is 4.37. The van der Waals surface area contributed by atoms with Crippen LogP contribution in [0.15, 0.2) is 46.9 Å². The monoisotopic (exact) mass is 368 g/mol. The summed E-state index contributed by atoms with van der Waals surface area (Å²) in [4.78, 5) is 12.0. The third-order valence-electron chi connectivity index (χ3n) is 2.75. The molecule has 110 valence electrons. The molecular formula is C15H14BrClN2O2. The van der Waals surface area contributed by atoms with Crippen molar-refractivity contribution >= 4 is 44.8 Å². The Bertz CT molecular complexity index is 649. The maximum atomic E-state index is 12.0. The van der Waals surface area contributed by atoms with E-state index in [1.54, 1.807) is 31.4 Å². The normalized spacial score (nSPS) is 10.0. The lowest BCUT2D eigenvalue weighted by Gasteiger charge is -2.11. The van der Waals surface area contributed by atoms with Crippen LogP contribution in [0.25, 0.3) is 0 Å². The molecule has 0 fully saturated rings. The van der Waals surface area contributed by atoms with Crippen LogP contribution in [0, 0.1) is 0 Å². The van der Waals surface area contributed by atoms with Gasteiger partial charge in [-0.05, 0) is 46.3 Å². The Kier molecular flexibility index (Phi) is 5.47. The number of amides is 1. The van der Waals surface area contributed by atoms with Gasteiger partial charge in [-0.3, -0.25) is 4.79 Å². The average Bonchev–Trinajstić information content (AvgIpc) is 2.47. The van der Waals surface area contributed by atoms with Crippen LogP contribution in [0.1, 0.15) is 0 Å². The quantitative estimate of drug-likeness (QED) is 0.832. The number of anilines is 2. The first-order valence-corrected chi connectivity index (χ1v) is 7.39. The second-order valence-corrected chi connectivity index (χ2v) is 5.52. The van der Waals surface area contributed by atoms with Crippen LogP contribution in [0.5, 0.6) is 5.75 Å². The fraction of sp³-hybridized carbons (Fsp3) is 0.133. The topological polar surface area (TPSA) is 50.4 Å². The number of para-hydroxylation sites is 2. The smallest absolute Gasteiger partial charge is 0.243 e. The number of hydrogen-bond acceptors (Lipinski definition) is 3. The number of nitrogens with one attached hydrogen (secondary N) is 2. The molecule has 2 aromatic carbocycles. The molecule has 0 saturated carbocycles. The number of carbonyl (C=O) groups excluding carboxylic acids is 1. The SMILES string of the molecule is COc1ccccc1NC(=O)CNc1ccc(Cl)cc1Br. The van der Waals surface area contributed by atoms with Gasteiger partial charge in [0, 0.05) is 15.2 Å². The zero-order chi connectivity index (χ0) is 15.2. The Balaban J connectivity index is 1.96. The Hall–Kier alpha value is -1.72. The van der Waals surface area contributed by atoms with Crippen LogP contribution >= 0.6 is 27.5 Å². The van der Waals surface area contributed by atoms with E-state index in [-0.39, 0.29) is 12.5 Å². The van der Waals surface area contributed by atoms with E-state index < -0.39 is 0 Å². The van der Waals surface area contributed by atoms with E-state index in [1.807, 2.05) is 18.2 Å². The Morgan fingerprint density at radius 1 is 1.24 bits per heavy atom. The van der Waals surface area contributed by atoms with E-state index in [1.165, 1.54) is 0 Å². The van der Waals surface area contributed by atoms with Crippen LogP contribution in [0.2, 0.25) is 5.02 Å². The van der Waals surface area contributed by atoms with E-state index in [4.69, 9.17) is 16.3 Å². The van der Waals surface area contributed by atoms with Crippen molar-refractivity contribution in [3.05, 3.63) is 52.0 Å². The van der Waals surface area contributed by atoms with Gasteiger partial charge in [0.25, 0.3) is 0 Å². The van der Waals surface area contributed by atoms with Crippen LogP contribution in [-0.2, 0) is 4.79 Å². The Labute approximate surface area is 136 Å². The van der Waals surface area contributed by atoms with Gasteiger partial charge in [0.2, 0.25) is 5.91 Å². The van der Waals surface area contributed by atoms with Gasteiger partial charge in [-0.2, -0.15) is 0 Å². The molecule has 2 aromatic rings. The summed E-state index contributed by atoms with van der Waals surface area (Å²) < 4.78 is 5.99. The number of benzene rings is 2. The molecular weight excluding hydrogens is 356 g/mol. The molecule has 0 atom stereocenters. The first-order valence-electron chi connectivity index (χ1n) is 6.22. The van der Waals surface area contributed by atoms with E-state index >= 15 is 0 Å². The number of halogens is 2. The second-order valence-electron chi connectivity index (χ2n) is 4.23. The van der Waals surface area contributed by atoms with Crippen LogP contribution < -0.4 is 15.4 Å². The zero-order valence-corrected chi connectivity index (χ0v) is 13.7. The van der Waals surface area contributed by atoms with E-state index in [0.717, 1.165) is 10.2 Å². The van der Waals surface area contributed by atoms with Gasteiger partial charge in [-0.1, -0.05) is 23.7 Å². The first-order chi connectivity index (χ1) is 10.1. The van der Waals surface area contributed by atoms with Gasteiger partial charge in [-0.15, -0.1) is 0 Å². The van der Waals surface area contributed by atoms with E-state index in [9.17, 15) is 4.79 Å². The minimum Gasteiger partial charge on any atom is -0.495 e. The maximum Gasteiger partial charge on any atom is 0.243 e. The molecule has 4 nitrogen and oxygen atoms in total. The highest BCUT2D eigenvalue weighted by atomic mass is 79.9. The number of hydrogen-bond donors (Lipinski definition) is 2. The molecule has 6 heteroatoms. The minimum atomic E-state index is -0.165. The molecule has 1 amide bonds.